The van der Waals surface area contributed by atoms with Crippen LogP contribution in [0.1, 0.15) is 49.0 Å². The predicted molar refractivity (Wildman–Crippen MR) is 174 cm³/mol. The summed E-state index contributed by atoms with van der Waals surface area (Å²) in [6.45, 7) is 7.73. The van der Waals surface area contributed by atoms with Gasteiger partial charge >= 0.3 is 0 Å². The van der Waals surface area contributed by atoms with Gasteiger partial charge in [-0.05, 0) is 93.3 Å². The van der Waals surface area contributed by atoms with E-state index in [2.05, 4.69) is 46.4 Å². The van der Waals surface area contributed by atoms with Gasteiger partial charge in [0.15, 0.2) is 0 Å². The quantitative estimate of drug-likeness (QED) is 0.131. The van der Waals surface area contributed by atoms with E-state index >= 15 is 0 Å². The van der Waals surface area contributed by atoms with Crippen molar-refractivity contribution in [1.29, 1.82) is 0 Å². The van der Waals surface area contributed by atoms with Crippen LogP contribution in [0.5, 0.6) is 0 Å². The minimum atomic E-state index is -0.360. The molecule has 1 fully saturated rings. The number of nitrogens with one attached hydrogen (secondary N) is 2. The van der Waals surface area contributed by atoms with Gasteiger partial charge in [-0.15, -0.1) is 11.8 Å². The van der Waals surface area contributed by atoms with Crippen molar-refractivity contribution in [1.82, 2.24) is 10.2 Å². The molecule has 1 saturated heterocycles. The summed E-state index contributed by atoms with van der Waals surface area (Å²) in [5, 5.41) is 18.4. The first-order chi connectivity index (χ1) is 20.1. The summed E-state index contributed by atoms with van der Waals surface area (Å²) in [4.78, 5) is 30.2. The van der Waals surface area contributed by atoms with E-state index in [4.69, 9.17) is 0 Å². The summed E-state index contributed by atoms with van der Waals surface area (Å²) >= 11 is 1.73. The third-order valence-electron chi connectivity index (χ3n) is 7.80. The molecule has 1 aliphatic rings. The standard InChI is InChI=1S/C33H43N5O3S/c1-33(2)17-20-37(21-18-33)28-13-11-26(12-14-28)32(39)34-23-25-10-15-30(31(22-25)38(40)41)35-27(16-19-36(3)4)24-42-29-8-6-5-7-9-29/h5-15,22,27,35H,16-21,23-24H2,1-4H3,(H,34,39)/t27-/m1/s1. The fraction of sp³-hybridized carbons (Fsp3) is 0.424. The van der Waals surface area contributed by atoms with Gasteiger partial charge in [0.1, 0.15) is 5.69 Å². The van der Waals surface area contributed by atoms with Gasteiger partial charge in [-0.1, -0.05) is 38.1 Å². The Balaban J connectivity index is 1.37. The van der Waals surface area contributed by atoms with Crippen LogP contribution in [-0.2, 0) is 6.54 Å². The third kappa shape index (κ3) is 9.22. The molecule has 0 bridgehead atoms. The molecule has 4 rings (SSSR count). The number of hydrogen-bond donors (Lipinski definition) is 2. The Morgan fingerprint density at radius 3 is 2.38 bits per heavy atom. The number of thioether (sulfide) groups is 1. The number of nitro benzene ring substituents is 1. The molecule has 42 heavy (non-hydrogen) atoms. The number of nitrogens with zero attached hydrogens (tertiary/aromatic N) is 3. The number of carbonyl (C=O) groups is 1. The van der Waals surface area contributed by atoms with E-state index in [0.29, 0.717) is 22.2 Å². The molecule has 9 heteroatoms. The number of nitro groups is 1. The van der Waals surface area contributed by atoms with Crippen molar-refractivity contribution < 1.29 is 9.72 Å². The normalized spacial score (nSPS) is 15.3. The Morgan fingerprint density at radius 1 is 1.05 bits per heavy atom. The van der Waals surface area contributed by atoms with E-state index in [-0.39, 0.29) is 29.1 Å². The fourth-order valence-corrected chi connectivity index (χ4v) is 5.98. The zero-order valence-electron chi connectivity index (χ0n) is 25.1. The van der Waals surface area contributed by atoms with E-state index in [0.717, 1.165) is 50.3 Å². The van der Waals surface area contributed by atoms with Gasteiger partial charge in [-0.25, -0.2) is 0 Å². The van der Waals surface area contributed by atoms with Crippen LogP contribution in [0.25, 0.3) is 0 Å². The highest BCUT2D eigenvalue weighted by Crippen LogP contribution is 2.32. The lowest BCUT2D eigenvalue weighted by Crippen LogP contribution is -2.37. The number of amides is 1. The summed E-state index contributed by atoms with van der Waals surface area (Å²) in [5.74, 6) is 0.578. The molecule has 0 aromatic heterocycles. The summed E-state index contributed by atoms with van der Waals surface area (Å²) in [5.41, 5.74) is 3.26. The van der Waals surface area contributed by atoms with Gasteiger partial charge in [0.2, 0.25) is 0 Å². The summed E-state index contributed by atoms with van der Waals surface area (Å²) in [6, 6.07) is 23.0. The van der Waals surface area contributed by atoms with E-state index in [1.807, 2.05) is 62.6 Å². The zero-order valence-corrected chi connectivity index (χ0v) is 26.0. The molecule has 224 valence electrons. The molecule has 1 aliphatic heterocycles. The monoisotopic (exact) mass is 589 g/mol. The molecule has 1 amide bonds. The third-order valence-corrected chi connectivity index (χ3v) is 8.98. The molecule has 0 radical (unpaired) electrons. The minimum absolute atomic E-state index is 0.00961. The predicted octanol–water partition coefficient (Wildman–Crippen LogP) is 6.68. The summed E-state index contributed by atoms with van der Waals surface area (Å²) in [7, 11) is 4.05. The fourth-order valence-electron chi connectivity index (χ4n) is 4.98. The highest BCUT2D eigenvalue weighted by Gasteiger charge is 2.25. The highest BCUT2D eigenvalue weighted by molar-refractivity contribution is 7.99. The number of rotatable bonds is 13. The van der Waals surface area contributed by atoms with Crippen LogP contribution in [0.15, 0.2) is 77.7 Å². The average Bonchev–Trinajstić information content (AvgIpc) is 2.98. The smallest absolute Gasteiger partial charge is 0.292 e. The largest absolute Gasteiger partial charge is 0.376 e. The average molecular weight is 590 g/mol. The Kier molecular flexibility index (Phi) is 10.9. The van der Waals surface area contributed by atoms with Gasteiger partial charge in [-0.3, -0.25) is 14.9 Å². The lowest BCUT2D eigenvalue weighted by atomic mass is 9.82. The molecule has 2 N–H and O–H groups in total. The Labute approximate surface area is 254 Å². The number of anilines is 2. The second kappa shape index (κ2) is 14.6. The molecular formula is C33H43N5O3S. The lowest BCUT2D eigenvalue weighted by Gasteiger charge is -2.38. The van der Waals surface area contributed by atoms with Gasteiger partial charge in [0.25, 0.3) is 11.6 Å². The van der Waals surface area contributed by atoms with Crippen LogP contribution in [0.4, 0.5) is 17.1 Å². The lowest BCUT2D eigenvalue weighted by molar-refractivity contribution is -0.384. The molecule has 1 heterocycles. The number of benzene rings is 3. The van der Waals surface area contributed by atoms with Crippen LogP contribution < -0.4 is 15.5 Å². The van der Waals surface area contributed by atoms with Crippen molar-refractivity contribution in [2.45, 2.75) is 50.6 Å². The van der Waals surface area contributed by atoms with E-state index in [9.17, 15) is 14.9 Å². The maximum absolute atomic E-state index is 12.9. The van der Waals surface area contributed by atoms with Crippen molar-refractivity contribution in [2.75, 3.05) is 49.7 Å². The summed E-state index contributed by atoms with van der Waals surface area (Å²) in [6.07, 6.45) is 3.15. The van der Waals surface area contributed by atoms with Gasteiger partial charge in [-0.2, -0.15) is 0 Å². The van der Waals surface area contributed by atoms with Crippen molar-refractivity contribution in [3.05, 3.63) is 94.0 Å². The summed E-state index contributed by atoms with van der Waals surface area (Å²) < 4.78 is 0. The highest BCUT2D eigenvalue weighted by atomic mass is 32.2. The first-order valence-corrected chi connectivity index (χ1v) is 15.6. The first kappa shape index (κ1) is 31.4. The Bertz CT molecular complexity index is 1320. The molecule has 3 aromatic rings. The van der Waals surface area contributed by atoms with Crippen molar-refractivity contribution in [3.63, 3.8) is 0 Å². The maximum Gasteiger partial charge on any atom is 0.292 e. The topological polar surface area (TPSA) is 90.8 Å². The van der Waals surface area contributed by atoms with E-state index in [1.165, 1.54) is 4.90 Å². The van der Waals surface area contributed by atoms with Crippen LogP contribution in [0.2, 0.25) is 0 Å². The molecule has 3 aromatic carbocycles. The molecule has 8 nitrogen and oxygen atoms in total. The Morgan fingerprint density at radius 2 is 1.74 bits per heavy atom. The van der Waals surface area contributed by atoms with Gasteiger partial charge in [0.05, 0.1) is 4.92 Å². The van der Waals surface area contributed by atoms with Crippen molar-refractivity contribution in [3.8, 4) is 0 Å². The van der Waals surface area contributed by atoms with Crippen LogP contribution >= 0.6 is 11.8 Å². The second-order valence-electron chi connectivity index (χ2n) is 12.0. The Hall–Kier alpha value is -3.56. The second-order valence-corrected chi connectivity index (χ2v) is 13.1. The van der Waals surface area contributed by atoms with Crippen molar-refractivity contribution >= 4 is 34.7 Å². The van der Waals surface area contributed by atoms with Gasteiger partial charge in [0, 0.05) is 53.6 Å². The van der Waals surface area contributed by atoms with E-state index in [1.54, 1.807) is 23.9 Å². The first-order valence-electron chi connectivity index (χ1n) is 14.6. The van der Waals surface area contributed by atoms with Crippen LogP contribution in [0.3, 0.4) is 0 Å². The molecule has 0 unspecified atom stereocenters. The zero-order chi connectivity index (χ0) is 30.1. The number of hydrogen-bond acceptors (Lipinski definition) is 7. The number of carbonyl (C=O) groups excluding carboxylic acids is 1. The SMILES string of the molecule is CN(C)CC[C@H](CSc1ccccc1)Nc1ccc(CNC(=O)c2ccc(N3CCC(C)(C)CC3)cc2)cc1[N+](=O)[O-]. The molecule has 0 saturated carbocycles. The van der Waals surface area contributed by atoms with Crippen LogP contribution in [-0.4, -0.2) is 61.3 Å². The maximum atomic E-state index is 12.9. The minimum Gasteiger partial charge on any atom is -0.376 e. The van der Waals surface area contributed by atoms with Crippen molar-refractivity contribution in [2.24, 2.45) is 5.41 Å². The van der Waals surface area contributed by atoms with E-state index < -0.39 is 0 Å². The van der Waals surface area contributed by atoms with Gasteiger partial charge < -0.3 is 20.4 Å². The number of piperidine rings is 1. The molecule has 0 aliphatic carbocycles. The van der Waals surface area contributed by atoms with Crippen LogP contribution in [0, 0.1) is 15.5 Å². The molecule has 1 atom stereocenters. The molecular weight excluding hydrogens is 546 g/mol. The molecule has 0 spiro atoms.